The van der Waals surface area contributed by atoms with Crippen molar-refractivity contribution in [2.24, 2.45) is 0 Å². The first-order valence-corrected chi connectivity index (χ1v) is 13.5. The van der Waals surface area contributed by atoms with E-state index in [1.807, 2.05) is 0 Å². The number of benzene rings is 1. The van der Waals surface area contributed by atoms with Gasteiger partial charge in [-0.15, -0.1) is 0 Å². The van der Waals surface area contributed by atoms with E-state index >= 15 is 0 Å². The molecule has 1 aromatic heterocycles. The summed E-state index contributed by atoms with van der Waals surface area (Å²) in [6.45, 7) is 6.76. The summed E-state index contributed by atoms with van der Waals surface area (Å²) in [7, 11) is 0. The molecule has 2 heteroatoms. The summed E-state index contributed by atoms with van der Waals surface area (Å²) in [5.74, 6) is 1.52. The highest BCUT2D eigenvalue weighted by Crippen LogP contribution is 2.13. The fraction of sp³-hybridized carbons (Fsp3) is 0.690. The summed E-state index contributed by atoms with van der Waals surface area (Å²) in [6.07, 6.45) is 26.7. The number of aryl methyl sites for hydroxylation is 1. The van der Waals surface area contributed by atoms with E-state index in [0.29, 0.717) is 0 Å². The van der Waals surface area contributed by atoms with Crippen LogP contribution in [0.1, 0.15) is 122 Å². The second kappa shape index (κ2) is 17.0. The highest BCUT2D eigenvalue weighted by molar-refractivity contribution is 5.13. The number of hydrogen-bond donors (Lipinski definition) is 0. The molecule has 0 aliphatic rings. The van der Waals surface area contributed by atoms with Crippen LogP contribution in [0.25, 0.3) is 0 Å². The lowest BCUT2D eigenvalue weighted by atomic mass is 10.1. The van der Waals surface area contributed by atoms with Gasteiger partial charge in [-0.2, -0.15) is 0 Å². The van der Waals surface area contributed by atoms with E-state index in [2.05, 4.69) is 65.7 Å². The Bertz CT molecular complexity index is 659. The van der Waals surface area contributed by atoms with E-state index < -0.39 is 0 Å². The molecule has 0 spiro atoms. The van der Waals surface area contributed by atoms with E-state index in [1.54, 1.807) is 0 Å². The summed E-state index contributed by atoms with van der Waals surface area (Å²) < 4.78 is 5.03. The average Bonchev–Trinajstić information content (AvgIpc) is 3.17. The van der Waals surface area contributed by atoms with E-state index in [4.69, 9.17) is 0 Å². The number of nitrogens with zero attached hydrogens (tertiary/aromatic N) is 2. The molecule has 2 aromatic rings. The van der Waals surface area contributed by atoms with Crippen molar-refractivity contribution < 1.29 is 4.57 Å². The Hall–Kier alpha value is -1.57. The second-order valence-electron chi connectivity index (χ2n) is 9.37. The molecule has 0 aliphatic carbocycles. The molecule has 0 saturated carbocycles. The highest BCUT2D eigenvalue weighted by atomic mass is 15.1. The van der Waals surface area contributed by atoms with Gasteiger partial charge in [0, 0.05) is 6.42 Å². The van der Waals surface area contributed by atoms with Gasteiger partial charge in [-0.1, -0.05) is 121 Å². The number of imidazole rings is 1. The minimum Gasteiger partial charge on any atom is -0.234 e. The van der Waals surface area contributed by atoms with Crippen molar-refractivity contribution >= 4 is 0 Å². The van der Waals surface area contributed by atoms with Crippen molar-refractivity contribution in [1.29, 1.82) is 0 Å². The average molecular weight is 426 g/mol. The molecule has 174 valence electrons. The molecular formula is C29H49N2+. The third kappa shape index (κ3) is 11.0. The largest absolute Gasteiger partial charge is 0.256 e. The summed E-state index contributed by atoms with van der Waals surface area (Å²) in [5, 5.41) is 0. The van der Waals surface area contributed by atoms with Crippen LogP contribution in [0.3, 0.4) is 0 Å². The molecule has 0 fully saturated rings. The maximum absolute atomic E-state index is 2.54. The van der Waals surface area contributed by atoms with Gasteiger partial charge in [0.2, 0.25) is 0 Å². The van der Waals surface area contributed by atoms with Crippen molar-refractivity contribution in [2.45, 2.75) is 130 Å². The van der Waals surface area contributed by atoms with Gasteiger partial charge >= 0.3 is 0 Å². The number of unbranched alkanes of at least 4 members (excludes halogenated alkanes) is 13. The fourth-order valence-electron chi connectivity index (χ4n) is 4.57. The van der Waals surface area contributed by atoms with Crippen LogP contribution in [0.5, 0.6) is 0 Å². The Balaban J connectivity index is 1.74. The summed E-state index contributed by atoms with van der Waals surface area (Å²) >= 11 is 0. The Labute approximate surface area is 193 Å². The quantitative estimate of drug-likeness (QED) is 0.158. The minimum absolute atomic E-state index is 0.996. The molecule has 2 nitrogen and oxygen atoms in total. The molecule has 1 heterocycles. The van der Waals surface area contributed by atoms with E-state index in [9.17, 15) is 0 Å². The SMILES string of the molecule is CCCCCCCCCCCCCc1n(CCCCCC)cc[n+]1Cc1ccccc1. The maximum atomic E-state index is 2.54. The van der Waals surface area contributed by atoms with Crippen LogP contribution in [0, 0.1) is 0 Å². The van der Waals surface area contributed by atoms with Gasteiger partial charge in [0.05, 0.1) is 6.54 Å². The van der Waals surface area contributed by atoms with Crippen molar-refractivity contribution in [3.05, 3.63) is 54.1 Å². The molecule has 0 unspecified atom stereocenters. The minimum atomic E-state index is 0.996. The number of rotatable bonds is 19. The zero-order valence-corrected chi connectivity index (χ0v) is 20.7. The van der Waals surface area contributed by atoms with Gasteiger partial charge in [0.1, 0.15) is 18.9 Å². The van der Waals surface area contributed by atoms with Gasteiger partial charge in [-0.25, -0.2) is 9.13 Å². The van der Waals surface area contributed by atoms with E-state index in [-0.39, 0.29) is 0 Å². The van der Waals surface area contributed by atoms with Crippen molar-refractivity contribution in [3.63, 3.8) is 0 Å². The molecular weight excluding hydrogens is 376 g/mol. The van der Waals surface area contributed by atoms with Crippen LogP contribution < -0.4 is 4.57 Å². The van der Waals surface area contributed by atoms with Crippen molar-refractivity contribution in [1.82, 2.24) is 4.57 Å². The third-order valence-electron chi connectivity index (χ3n) is 6.54. The molecule has 1 aromatic carbocycles. The molecule has 31 heavy (non-hydrogen) atoms. The zero-order chi connectivity index (χ0) is 22.0. The normalized spacial score (nSPS) is 11.3. The molecule has 0 amide bonds. The fourth-order valence-corrected chi connectivity index (χ4v) is 4.57. The molecule has 0 radical (unpaired) electrons. The van der Waals surface area contributed by atoms with Crippen LogP contribution in [0.15, 0.2) is 42.7 Å². The van der Waals surface area contributed by atoms with Crippen molar-refractivity contribution in [2.75, 3.05) is 0 Å². The first kappa shape index (κ1) is 25.7. The zero-order valence-electron chi connectivity index (χ0n) is 20.7. The predicted molar refractivity (Wildman–Crippen MR) is 134 cm³/mol. The standard InChI is InChI=1S/C29H49N2/c1-3-5-7-9-10-11-12-13-14-15-19-23-29-30(24-20-8-6-4-2)25-26-31(29)27-28-21-17-16-18-22-28/h16-18,21-22,25-26H,3-15,19-20,23-24,27H2,1-2H3/q+1. The summed E-state index contributed by atoms with van der Waals surface area (Å²) in [5.41, 5.74) is 1.40. The lowest BCUT2D eigenvalue weighted by Gasteiger charge is -2.07. The predicted octanol–water partition coefficient (Wildman–Crippen LogP) is 8.26. The third-order valence-corrected chi connectivity index (χ3v) is 6.54. The number of hydrogen-bond acceptors (Lipinski definition) is 0. The molecule has 0 saturated heterocycles. The van der Waals surface area contributed by atoms with E-state index in [1.165, 1.54) is 121 Å². The van der Waals surface area contributed by atoms with Crippen molar-refractivity contribution in [3.8, 4) is 0 Å². The van der Waals surface area contributed by atoms with Crippen LogP contribution in [-0.4, -0.2) is 4.57 Å². The van der Waals surface area contributed by atoms with Gasteiger partial charge in [0.25, 0.3) is 5.82 Å². The van der Waals surface area contributed by atoms with Crippen LogP contribution >= 0.6 is 0 Å². The Kier molecular flexibility index (Phi) is 14.1. The lowest BCUT2D eigenvalue weighted by Crippen LogP contribution is -2.37. The van der Waals surface area contributed by atoms with Gasteiger partial charge in [-0.05, 0) is 24.8 Å². The number of aromatic nitrogens is 2. The van der Waals surface area contributed by atoms with Gasteiger partial charge in [-0.3, -0.25) is 0 Å². The van der Waals surface area contributed by atoms with E-state index in [0.717, 1.165) is 6.54 Å². The Morgan fingerprint density at radius 3 is 1.81 bits per heavy atom. The monoisotopic (exact) mass is 425 g/mol. The highest BCUT2D eigenvalue weighted by Gasteiger charge is 2.16. The molecule has 0 aliphatic heterocycles. The first-order chi connectivity index (χ1) is 15.3. The van der Waals surface area contributed by atoms with Crippen LogP contribution in [0.4, 0.5) is 0 Å². The van der Waals surface area contributed by atoms with Gasteiger partial charge < -0.3 is 0 Å². The Morgan fingerprint density at radius 2 is 1.19 bits per heavy atom. The first-order valence-electron chi connectivity index (χ1n) is 13.5. The lowest BCUT2D eigenvalue weighted by molar-refractivity contribution is -0.695. The summed E-state index contributed by atoms with van der Waals surface area (Å²) in [4.78, 5) is 0. The van der Waals surface area contributed by atoms with Gasteiger partial charge in [0.15, 0.2) is 0 Å². The summed E-state index contributed by atoms with van der Waals surface area (Å²) in [6, 6.07) is 10.9. The molecule has 0 N–H and O–H groups in total. The molecule has 0 atom stereocenters. The molecule has 0 bridgehead atoms. The van der Waals surface area contributed by atoms with Crippen LogP contribution in [0.2, 0.25) is 0 Å². The Morgan fingerprint density at radius 1 is 0.645 bits per heavy atom. The molecule has 2 rings (SSSR count). The topological polar surface area (TPSA) is 8.81 Å². The maximum Gasteiger partial charge on any atom is 0.256 e. The second-order valence-corrected chi connectivity index (χ2v) is 9.37. The smallest absolute Gasteiger partial charge is 0.234 e. The van der Waals surface area contributed by atoms with Crippen LogP contribution in [-0.2, 0) is 19.5 Å².